The van der Waals surface area contributed by atoms with Gasteiger partial charge < -0.3 is 10.2 Å². The van der Waals surface area contributed by atoms with Crippen molar-refractivity contribution in [2.45, 2.75) is 32.9 Å². The Morgan fingerprint density at radius 2 is 1.80 bits per heavy atom. The van der Waals surface area contributed by atoms with Gasteiger partial charge in [0.1, 0.15) is 0 Å². The third-order valence-electron chi connectivity index (χ3n) is 3.99. The van der Waals surface area contributed by atoms with Crippen LogP contribution >= 0.6 is 0 Å². The number of hydrogen-bond donors (Lipinski definition) is 1. The highest BCUT2D eigenvalue weighted by Gasteiger charge is 2.19. The molecule has 0 aromatic heterocycles. The minimum Gasteiger partial charge on any atom is -0.312 e. The smallest absolute Gasteiger partial charge is 0.0449 e. The lowest BCUT2D eigenvalue weighted by Crippen LogP contribution is -2.44. The Kier molecular flexibility index (Phi) is 7.20. The Morgan fingerprint density at radius 3 is 2.30 bits per heavy atom. The van der Waals surface area contributed by atoms with Crippen LogP contribution in [0.1, 0.15) is 31.0 Å². The molecule has 0 fully saturated rings. The fraction of sp³-hybridized carbons (Fsp3) is 0.647. The molecule has 1 N–H and O–H groups in total. The minimum absolute atomic E-state index is 0.390. The first-order valence-corrected chi connectivity index (χ1v) is 7.61. The van der Waals surface area contributed by atoms with Crippen LogP contribution in [-0.4, -0.2) is 56.6 Å². The van der Waals surface area contributed by atoms with E-state index in [1.807, 2.05) is 0 Å². The van der Waals surface area contributed by atoms with E-state index in [0.717, 1.165) is 19.6 Å². The normalized spacial score (nSPS) is 14.8. The summed E-state index contributed by atoms with van der Waals surface area (Å²) in [5.41, 5.74) is 2.77. The Balaban J connectivity index is 2.78. The molecule has 0 radical (unpaired) electrons. The molecule has 20 heavy (non-hydrogen) atoms. The highest BCUT2D eigenvalue weighted by Crippen LogP contribution is 2.19. The SMILES string of the molecule is CCN(CC(NC)c1ccccc1C)C(C)CN(C)C. The summed E-state index contributed by atoms with van der Waals surface area (Å²) in [6, 6.07) is 9.63. The van der Waals surface area contributed by atoms with Gasteiger partial charge in [0.15, 0.2) is 0 Å². The maximum Gasteiger partial charge on any atom is 0.0449 e. The topological polar surface area (TPSA) is 18.5 Å². The van der Waals surface area contributed by atoms with E-state index in [1.54, 1.807) is 0 Å². The number of aryl methyl sites for hydroxylation is 1. The van der Waals surface area contributed by atoms with Crippen molar-refractivity contribution >= 4 is 0 Å². The van der Waals surface area contributed by atoms with Crippen LogP contribution in [0.4, 0.5) is 0 Å². The number of hydrogen-bond acceptors (Lipinski definition) is 3. The molecule has 1 aromatic carbocycles. The van der Waals surface area contributed by atoms with E-state index in [9.17, 15) is 0 Å². The van der Waals surface area contributed by atoms with Crippen LogP contribution in [0.3, 0.4) is 0 Å². The molecule has 3 nitrogen and oxygen atoms in total. The summed E-state index contributed by atoms with van der Waals surface area (Å²) < 4.78 is 0. The van der Waals surface area contributed by atoms with Crippen molar-refractivity contribution in [1.82, 2.24) is 15.1 Å². The average molecular weight is 277 g/mol. The highest BCUT2D eigenvalue weighted by molar-refractivity contribution is 5.29. The number of nitrogens with zero attached hydrogens (tertiary/aromatic N) is 2. The molecule has 0 bridgehead atoms. The van der Waals surface area contributed by atoms with E-state index in [1.165, 1.54) is 11.1 Å². The van der Waals surface area contributed by atoms with Crippen molar-refractivity contribution in [2.24, 2.45) is 0 Å². The summed E-state index contributed by atoms with van der Waals surface area (Å²) in [6.07, 6.45) is 0. The summed E-state index contributed by atoms with van der Waals surface area (Å²) in [4.78, 5) is 4.81. The third-order valence-corrected chi connectivity index (χ3v) is 3.99. The van der Waals surface area contributed by atoms with Gasteiger partial charge in [-0.05, 0) is 52.7 Å². The first-order valence-electron chi connectivity index (χ1n) is 7.61. The van der Waals surface area contributed by atoms with Crippen LogP contribution in [0.15, 0.2) is 24.3 Å². The van der Waals surface area contributed by atoms with Crippen molar-refractivity contribution in [3.05, 3.63) is 35.4 Å². The second-order valence-electron chi connectivity index (χ2n) is 5.90. The zero-order chi connectivity index (χ0) is 15.1. The fourth-order valence-corrected chi connectivity index (χ4v) is 2.82. The zero-order valence-electron chi connectivity index (χ0n) is 14.0. The fourth-order valence-electron chi connectivity index (χ4n) is 2.82. The molecular weight excluding hydrogens is 246 g/mol. The molecule has 2 unspecified atom stereocenters. The molecule has 0 saturated heterocycles. The Bertz CT molecular complexity index is 390. The number of rotatable bonds is 8. The van der Waals surface area contributed by atoms with Gasteiger partial charge in [0.2, 0.25) is 0 Å². The van der Waals surface area contributed by atoms with Crippen LogP contribution in [-0.2, 0) is 0 Å². The maximum atomic E-state index is 3.48. The first-order chi connectivity index (χ1) is 9.49. The minimum atomic E-state index is 0.390. The molecule has 0 aliphatic heterocycles. The second kappa shape index (κ2) is 8.40. The number of benzene rings is 1. The average Bonchev–Trinajstić information content (AvgIpc) is 2.40. The van der Waals surface area contributed by atoms with E-state index in [4.69, 9.17) is 0 Å². The molecule has 0 saturated carbocycles. The van der Waals surface area contributed by atoms with Crippen molar-refractivity contribution < 1.29 is 0 Å². The lowest BCUT2D eigenvalue weighted by Gasteiger charge is -2.33. The van der Waals surface area contributed by atoms with Crippen LogP contribution in [0.2, 0.25) is 0 Å². The molecule has 0 aliphatic carbocycles. The van der Waals surface area contributed by atoms with Crippen LogP contribution in [0.25, 0.3) is 0 Å². The Labute approximate surface area is 125 Å². The van der Waals surface area contributed by atoms with Gasteiger partial charge in [-0.1, -0.05) is 31.2 Å². The van der Waals surface area contributed by atoms with Gasteiger partial charge in [-0.2, -0.15) is 0 Å². The van der Waals surface area contributed by atoms with Crippen LogP contribution in [0.5, 0.6) is 0 Å². The van der Waals surface area contributed by atoms with E-state index in [-0.39, 0.29) is 0 Å². The Hall–Kier alpha value is -0.900. The predicted molar refractivity (Wildman–Crippen MR) is 88.2 cm³/mol. The molecule has 114 valence electrons. The van der Waals surface area contributed by atoms with E-state index in [0.29, 0.717) is 12.1 Å². The number of nitrogens with one attached hydrogen (secondary N) is 1. The van der Waals surface area contributed by atoms with Gasteiger partial charge in [-0.3, -0.25) is 4.90 Å². The van der Waals surface area contributed by atoms with Gasteiger partial charge in [0.05, 0.1) is 0 Å². The Morgan fingerprint density at radius 1 is 1.15 bits per heavy atom. The third kappa shape index (κ3) is 4.89. The zero-order valence-corrected chi connectivity index (χ0v) is 14.0. The standard InChI is InChI=1S/C17H31N3/c1-7-20(15(3)12-19(5)6)13-17(18-4)16-11-9-8-10-14(16)2/h8-11,15,17-18H,7,12-13H2,1-6H3. The van der Waals surface area contributed by atoms with Crippen molar-refractivity contribution in [3.63, 3.8) is 0 Å². The molecule has 1 aromatic rings. The van der Waals surface area contributed by atoms with Crippen molar-refractivity contribution in [1.29, 1.82) is 0 Å². The summed E-state index contributed by atoms with van der Waals surface area (Å²) in [7, 11) is 6.34. The maximum absolute atomic E-state index is 3.48. The van der Waals surface area contributed by atoms with Crippen LogP contribution < -0.4 is 5.32 Å². The molecule has 1 rings (SSSR count). The van der Waals surface area contributed by atoms with Crippen molar-refractivity contribution in [3.8, 4) is 0 Å². The monoisotopic (exact) mass is 277 g/mol. The first kappa shape index (κ1) is 17.2. The van der Waals surface area contributed by atoms with Crippen molar-refractivity contribution in [2.75, 3.05) is 40.8 Å². The lowest BCUT2D eigenvalue weighted by atomic mass is 10.0. The van der Waals surface area contributed by atoms with Crippen LogP contribution in [0, 0.1) is 6.92 Å². The summed E-state index contributed by atoms with van der Waals surface area (Å²) in [5.74, 6) is 0. The predicted octanol–water partition coefficient (Wildman–Crippen LogP) is 2.53. The van der Waals surface area contributed by atoms with E-state index < -0.39 is 0 Å². The molecular formula is C17H31N3. The molecule has 0 spiro atoms. The summed E-state index contributed by atoms with van der Waals surface area (Å²) in [5, 5.41) is 3.48. The van der Waals surface area contributed by atoms with Gasteiger partial charge in [-0.15, -0.1) is 0 Å². The summed E-state index contributed by atoms with van der Waals surface area (Å²) in [6.45, 7) is 9.98. The molecule has 0 heterocycles. The van der Waals surface area contributed by atoms with E-state index >= 15 is 0 Å². The summed E-state index contributed by atoms with van der Waals surface area (Å²) >= 11 is 0. The van der Waals surface area contributed by atoms with Gasteiger partial charge in [0, 0.05) is 25.2 Å². The quantitative estimate of drug-likeness (QED) is 0.788. The largest absolute Gasteiger partial charge is 0.312 e. The molecule has 0 aliphatic rings. The van der Waals surface area contributed by atoms with E-state index in [2.05, 4.69) is 81.3 Å². The van der Waals surface area contributed by atoms with Gasteiger partial charge >= 0.3 is 0 Å². The molecule has 2 atom stereocenters. The highest BCUT2D eigenvalue weighted by atomic mass is 15.2. The number of likely N-dealkylation sites (N-methyl/N-ethyl adjacent to an activating group) is 3. The molecule has 0 amide bonds. The van der Waals surface area contributed by atoms with Gasteiger partial charge in [-0.25, -0.2) is 0 Å². The lowest BCUT2D eigenvalue weighted by molar-refractivity contribution is 0.166. The second-order valence-corrected chi connectivity index (χ2v) is 5.90. The van der Waals surface area contributed by atoms with Gasteiger partial charge in [0.25, 0.3) is 0 Å². The molecule has 3 heteroatoms.